The molecule has 1 fully saturated rings. The Hall–Kier alpha value is -0.810. The molecule has 0 aromatic heterocycles. The number of hydrogen-bond acceptors (Lipinski definition) is 8. The van der Waals surface area contributed by atoms with Crippen LogP contribution in [0.1, 0.15) is 181 Å². The van der Waals surface area contributed by atoms with Crippen LogP contribution < -0.4 is 5.32 Å². The van der Waals surface area contributed by atoms with Crippen LogP contribution in [0.4, 0.5) is 0 Å². The minimum absolute atomic E-state index is 0.264. The predicted molar refractivity (Wildman–Crippen MR) is 189 cm³/mol. The molecule has 7 N–H and O–H groups in total. The summed E-state index contributed by atoms with van der Waals surface area (Å²) in [5, 5.41) is 65.9. The quantitative estimate of drug-likeness (QED) is 0.0428. The Morgan fingerprint density at radius 2 is 1.00 bits per heavy atom. The van der Waals surface area contributed by atoms with Gasteiger partial charge in [-0.2, -0.15) is 0 Å². The van der Waals surface area contributed by atoms with E-state index in [1.54, 1.807) is 0 Å². The molecule has 0 bridgehead atoms. The second-order valence-corrected chi connectivity index (χ2v) is 14.3. The zero-order chi connectivity index (χ0) is 34.7. The third kappa shape index (κ3) is 19.8. The van der Waals surface area contributed by atoms with Gasteiger partial charge in [0.05, 0.1) is 18.8 Å². The fraction of sp³-hybridized carbons (Fsp3) is 0.974. The zero-order valence-corrected chi connectivity index (χ0v) is 30.2. The molecule has 9 heteroatoms. The smallest absolute Gasteiger partial charge is 0.220 e. The van der Waals surface area contributed by atoms with Crippen LogP contribution in [-0.4, -0.2) is 91.9 Å². The maximum Gasteiger partial charge on any atom is 0.220 e. The number of aliphatic hydroxyl groups excluding tert-OH is 6. The molecule has 9 nitrogen and oxygen atoms in total. The molecule has 3 unspecified atom stereocenters. The number of unbranched alkanes of at least 4 members (excludes halogenated alkanes) is 22. The van der Waals surface area contributed by atoms with Crippen molar-refractivity contribution in [3.05, 3.63) is 0 Å². The molecule has 1 rings (SSSR count). The summed E-state index contributed by atoms with van der Waals surface area (Å²) in [6.07, 6.45) is 19.0. The molecule has 1 saturated heterocycles. The Morgan fingerprint density at radius 3 is 1.43 bits per heavy atom. The van der Waals surface area contributed by atoms with Crippen LogP contribution in [0.2, 0.25) is 0 Å². The Balaban J connectivity index is 2.51. The van der Waals surface area contributed by atoms with Crippen molar-refractivity contribution in [3.8, 4) is 0 Å². The van der Waals surface area contributed by atoms with Gasteiger partial charge in [-0.1, -0.05) is 162 Å². The van der Waals surface area contributed by atoms with E-state index in [2.05, 4.69) is 19.2 Å². The van der Waals surface area contributed by atoms with Crippen LogP contribution in [0.3, 0.4) is 0 Å². The van der Waals surface area contributed by atoms with E-state index in [4.69, 9.17) is 4.74 Å². The lowest BCUT2D eigenvalue weighted by molar-refractivity contribution is -0.253. The lowest BCUT2D eigenvalue weighted by atomic mass is 9.87. The molecule has 1 heterocycles. The summed E-state index contributed by atoms with van der Waals surface area (Å²) in [5.74, 6) is -0.293. The van der Waals surface area contributed by atoms with Crippen molar-refractivity contribution in [3.63, 3.8) is 0 Å². The summed E-state index contributed by atoms with van der Waals surface area (Å²) in [6.45, 7) is 3.85. The fourth-order valence-electron chi connectivity index (χ4n) is 6.78. The van der Waals surface area contributed by atoms with Crippen LogP contribution >= 0.6 is 0 Å². The number of rotatable bonds is 31. The van der Waals surface area contributed by atoms with Crippen LogP contribution in [0, 0.1) is 0 Å². The topological polar surface area (TPSA) is 160 Å². The highest BCUT2D eigenvalue weighted by molar-refractivity contribution is 5.76. The summed E-state index contributed by atoms with van der Waals surface area (Å²) in [7, 11) is 0. The zero-order valence-electron chi connectivity index (χ0n) is 30.2. The van der Waals surface area contributed by atoms with E-state index in [9.17, 15) is 35.4 Å². The van der Waals surface area contributed by atoms with Gasteiger partial charge in [-0.05, 0) is 12.8 Å². The van der Waals surface area contributed by atoms with Gasteiger partial charge in [0.1, 0.15) is 36.6 Å². The highest BCUT2D eigenvalue weighted by Crippen LogP contribution is 2.26. The minimum Gasteiger partial charge on any atom is -0.394 e. The highest BCUT2D eigenvalue weighted by Gasteiger charge is 2.48. The molecule has 47 heavy (non-hydrogen) atoms. The predicted octanol–water partition coefficient (Wildman–Crippen LogP) is 6.22. The molecule has 1 aliphatic heterocycles. The second-order valence-electron chi connectivity index (χ2n) is 14.3. The first-order valence-electron chi connectivity index (χ1n) is 19.7. The molecular weight excluding hydrogens is 598 g/mol. The second kappa shape index (κ2) is 29.0. The van der Waals surface area contributed by atoms with E-state index in [1.807, 2.05) is 0 Å². The van der Waals surface area contributed by atoms with E-state index in [0.29, 0.717) is 12.8 Å². The first kappa shape index (κ1) is 44.2. The minimum atomic E-state index is -1.66. The number of aliphatic hydroxyl groups is 6. The van der Waals surface area contributed by atoms with Gasteiger partial charge in [-0.25, -0.2) is 0 Å². The molecule has 0 aromatic carbocycles. The first-order valence-corrected chi connectivity index (χ1v) is 19.7. The maximum atomic E-state index is 12.9. The van der Waals surface area contributed by atoms with Gasteiger partial charge in [0.15, 0.2) is 0 Å². The Morgan fingerprint density at radius 1 is 0.596 bits per heavy atom. The average Bonchev–Trinajstić information content (AvgIpc) is 3.06. The van der Waals surface area contributed by atoms with Crippen LogP contribution in [-0.2, 0) is 9.53 Å². The van der Waals surface area contributed by atoms with E-state index in [1.165, 1.54) is 103 Å². The maximum absolute atomic E-state index is 12.9. The number of nitrogens with one attached hydrogen (secondary N) is 1. The lowest BCUT2D eigenvalue weighted by Crippen LogP contribution is -2.66. The number of ether oxygens (including phenoxy) is 1. The monoisotopic (exact) mass is 674 g/mol. The Kier molecular flexibility index (Phi) is 27.3. The Bertz CT molecular complexity index is 726. The van der Waals surface area contributed by atoms with Crippen LogP contribution in [0.25, 0.3) is 0 Å². The van der Waals surface area contributed by atoms with Crippen molar-refractivity contribution in [2.24, 2.45) is 0 Å². The summed E-state index contributed by atoms with van der Waals surface area (Å²) in [4.78, 5) is 12.9. The van der Waals surface area contributed by atoms with Gasteiger partial charge in [0.25, 0.3) is 0 Å². The van der Waals surface area contributed by atoms with E-state index < -0.39 is 55.4 Å². The average molecular weight is 674 g/mol. The molecule has 0 aliphatic carbocycles. The molecule has 0 spiro atoms. The summed E-state index contributed by atoms with van der Waals surface area (Å²) < 4.78 is 5.58. The van der Waals surface area contributed by atoms with Gasteiger partial charge in [0, 0.05) is 6.42 Å². The molecule has 1 aliphatic rings. The largest absolute Gasteiger partial charge is 0.394 e. The third-order valence-corrected chi connectivity index (χ3v) is 9.99. The fourth-order valence-corrected chi connectivity index (χ4v) is 6.78. The van der Waals surface area contributed by atoms with Crippen molar-refractivity contribution in [1.29, 1.82) is 0 Å². The standard InChI is InChI=1S/C38H75NO8/c1-3-5-7-9-11-13-15-16-18-19-21-23-25-27-30(41)33(35(44)38-37(46)36(45)34(43)31(29-40)47-38)39-32(42)28-26-24-22-20-17-14-12-10-8-6-4-2/h30-31,33-38,40-41,43-46H,3-29H2,1-2H3,(H,39,42)/t30?,31-,33?,34-,35?,36+,37-,38+/m1/s1. The third-order valence-electron chi connectivity index (χ3n) is 9.99. The van der Waals surface area contributed by atoms with E-state index >= 15 is 0 Å². The number of amides is 1. The van der Waals surface area contributed by atoms with E-state index in [0.717, 1.165) is 44.9 Å². The lowest BCUT2D eigenvalue weighted by Gasteiger charge is -2.44. The number of carbonyl (C=O) groups is 1. The van der Waals surface area contributed by atoms with Crippen molar-refractivity contribution in [2.45, 2.75) is 230 Å². The number of carbonyl (C=O) groups excluding carboxylic acids is 1. The Labute approximate surface area is 287 Å². The molecule has 0 saturated carbocycles. The van der Waals surface area contributed by atoms with E-state index in [-0.39, 0.29) is 12.3 Å². The van der Waals surface area contributed by atoms with Crippen molar-refractivity contribution in [1.82, 2.24) is 5.32 Å². The molecule has 8 atom stereocenters. The van der Waals surface area contributed by atoms with Crippen LogP contribution in [0.15, 0.2) is 0 Å². The molecule has 0 radical (unpaired) electrons. The highest BCUT2D eigenvalue weighted by atomic mass is 16.6. The summed E-state index contributed by atoms with van der Waals surface area (Å²) in [6, 6.07) is -1.13. The SMILES string of the molecule is CCCCCCCCCCCCCCCC(O)C(NC(=O)CCCCCCCCCCCCC)C(O)[C@@H]1O[C@H](CO)[C@@H](O)[C@H](O)[C@H]1O. The van der Waals surface area contributed by atoms with Gasteiger partial charge in [0.2, 0.25) is 5.91 Å². The molecular formula is C38H75NO8. The summed E-state index contributed by atoms with van der Waals surface area (Å²) >= 11 is 0. The van der Waals surface area contributed by atoms with Gasteiger partial charge < -0.3 is 40.7 Å². The van der Waals surface area contributed by atoms with Crippen LogP contribution in [0.5, 0.6) is 0 Å². The number of hydrogen-bond donors (Lipinski definition) is 7. The van der Waals surface area contributed by atoms with Crippen molar-refractivity contribution in [2.75, 3.05) is 6.61 Å². The molecule has 0 aromatic rings. The van der Waals surface area contributed by atoms with Crippen molar-refractivity contribution >= 4 is 5.91 Å². The van der Waals surface area contributed by atoms with Gasteiger partial charge >= 0.3 is 0 Å². The van der Waals surface area contributed by atoms with Gasteiger partial charge in [-0.3, -0.25) is 4.79 Å². The van der Waals surface area contributed by atoms with Gasteiger partial charge in [-0.15, -0.1) is 0 Å². The molecule has 1 amide bonds. The molecule has 280 valence electrons. The van der Waals surface area contributed by atoms with Crippen molar-refractivity contribution < 1.29 is 40.2 Å². The first-order chi connectivity index (χ1) is 22.8. The normalized spacial score (nSPS) is 23.4. The summed E-state index contributed by atoms with van der Waals surface area (Å²) in [5.41, 5.74) is 0.